The minimum Gasteiger partial charge on any atom is -0.423 e. The fraction of sp³-hybridized carbons (Fsp3) is 0.0556. The fourth-order valence-electron chi connectivity index (χ4n) is 2.89. The minimum atomic E-state index is -0.323. The lowest BCUT2D eigenvalue weighted by molar-refractivity contribution is 0.561. The highest BCUT2D eigenvalue weighted by Crippen LogP contribution is 2.33. The summed E-state index contributed by atoms with van der Waals surface area (Å²) in [5, 5.41) is 2.09. The average Bonchev–Trinajstić information content (AvgIpc) is 2.84. The highest BCUT2D eigenvalue weighted by atomic mass is 16.4. The Kier molecular flexibility index (Phi) is 2.48. The number of para-hydroxylation sites is 2. The molecule has 0 saturated heterocycles. The maximum Gasteiger partial charge on any atom is 0.336 e. The van der Waals surface area contributed by atoms with E-state index in [4.69, 9.17) is 4.42 Å². The van der Waals surface area contributed by atoms with Crippen LogP contribution in [0.5, 0.6) is 0 Å². The number of nitrogens with zero attached hydrogens (tertiary/aromatic N) is 1. The van der Waals surface area contributed by atoms with Gasteiger partial charge in [0.1, 0.15) is 5.58 Å². The van der Waals surface area contributed by atoms with Gasteiger partial charge in [-0.3, -0.25) is 0 Å². The smallest absolute Gasteiger partial charge is 0.336 e. The van der Waals surface area contributed by atoms with Gasteiger partial charge in [0, 0.05) is 46.7 Å². The monoisotopic (exact) mass is 275 g/mol. The molecule has 0 aliphatic heterocycles. The van der Waals surface area contributed by atoms with Crippen LogP contribution in [0.2, 0.25) is 0 Å². The number of aromatic nitrogens is 1. The van der Waals surface area contributed by atoms with Crippen LogP contribution in [0.1, 0.15) is 0 Å². The number of fused-ring (bicyclic) bond motifs is 2. The first-order valence-electron chi connectivity index (χ1n) is 6.81. The van der Waals surface area contributed by atoms with Crippen molar-refractivity contribution in [1.29, 1.82) is 0 Å². The molecule has 3 heteroatoms. The van der Waals surface area contributed by atoms with E-state index in [0.717, 1.165) is 27.4 Å². The molecule has 0 aliphatic rings. The van der Waals surface area contributed by atoms with Gasteiger partial charge >= 0.3 is 5.63 Å². The van der Waals surface area contributed by atoms with Crippen LogP contribution in [0.15, 0.2) is 70.0 Å². The van der Waals surface area contributed by atoms with E-state index in [9.17, 15) is 4.79 Å². The van der Waals surface area contributed by atoms with Crippen LogP contribution < -0.4 is 5.63 Å². The Morgan fingerprint density at radius 1 is 0.905 bits per heavy atom. The molecule has 21 heavy (non-hydrogen) atoms. The van der Waals surface area contributed by atoms with Crippen LogP contribution in [-0.4, -0.2) is 4.57 Å². The molecule has 102 valence electrons. The SMILES string of the molecule is Cn1cc(-c2cc(=O)oc3ccccc23)c2ccccc21. The number of aryl methyl sites for hydroxylation is 1. The first kappa shape index (κ1) is 12.0. The second-order valence-electron chi connectivity index (χ2n) is 5.15. The summed E-state index contributed by atoms with van der Waals surface area (Å²) in [6, 6.07) is 17.4. The first-order valence-corrected chi connectivity index (χ1v) is 6.81. The van der Waals surface area contributed by atoms with Crippen molar-refractivity contribution in [2.24, 2.45) is 7.05 Å². The Balaban J connectivity index is 2.16. The lowest BCUT2D eigenvalue weighted by atomic mass is 10.0. The zero-order chi connectivity index (χ0) is 14.4. The van der Waals surface area contributed by atoms with Crippen molar-refractivity contribution in [3.63, 3.8) is 0 Å². The molecule has 0 N–H and O–H groups in total. The summed E-state index contributed by atoms with van der Waals surface area (Å²) < 4.78 is 7.36. The summed E-state index contributed by atoms with van der Waals surface area (Å²) in [4.78, 5) is 11.8. The summed E-state index contributed by atoms with van der Waals surface area (Å²) in [5.74, 6) is 0. The highest BCUT2D eigenvalue weighted by Gasteiger charge is 2.12. The number of rotatable bonds is 1. The van der Waals surface area contributed by atoms with Crippen LogP contribution in [0.4, 0.5) is 0 Å². The van der Waals surface area contributed by atoms with Crippen molar-refractivity contribution in [3.8, 4) is 11.1 Å². The van der Waals surface area contributed by atoms with Gasteiger partial charge in [-0.05, 0) is 12.1 Å². The van der Waals surface area contributed by atoms with Crippen LogP contribution in [0, 0.1) is 0 Å². The van der Waals surface area contributed by atoms with E-state index in [1.807, 2.05) is 43.4 Å². The lowest BCUT2D eigenvalue weighted by Crippen LogP contribution is -1.97. The molecule has 0 amide bonds. The zero-order valence-electron chi connectivity index (χ0n) is 11.5. The Hall–Kier alpha value is -2.81. The predicted molar refractivity (Wildman–Crippen MR) is 84.4 cm³/mol. The van der Waals surface area contributed by atoms with E-state index in [0.29, 0.717) is 5.58 Å². The third-order valence-corrected chi connectivity index (χ3v) is 3.84. The molecule has 0 fully saturated rings. The Morgan fingerprint density at radius 3 is 2.48 bits per heavy atom. The first-order chi connectivity index (χ1) is 10.2. The predicted octanol–water partition coefficient (Wildman–Crippen LogP) is 3.95. The zero-order valence-corrected chi connectivity index (χ0v) is 11.5. The van der Waals surface area contributed by atoms with Crippen LogP contribution in [0.3, 0.4) is 0 Å². The molecular weight excluding hydrogens is 262 g/mol. The largest absolute Gasteiger partial charge is 0.423 e. The third-order valence-electron chi connectivity index (χ3n) is 3.84. The normalized spacial score (nSPS) is 11.3. The molecular formula is C18H13NO2. The summed E-state index contributed by atoms with van der Waals surface area (Å²) >= 11 is 0. The molecule has 2 heterocycles. The second kappa shape index (κ2) is 4.35. The molecule has 2 aromatic carbocycles. The van der Waals surface area contributed by atoms with Crippen LogP contribution in [-0.2, 0) is 7.05 Å². The van der Waals surface area contributed by atoms with Gasteiger partial charge in [-0.1, -0.05) is 36.4 Å². The summed E-state index contributed by atoms with van der Waals surface area (Å²) in [7, 11) is 2.01. The molecule has 2 aromatic heterocycles. The van der Waals surface area contributed by atoms with E-state index in [2.05, 4.69) is 22.9 Å². The number of hydrogen-bond donors (Lipinski definition) is 0. The Bertz CT molecular complexity index is 1020. The van der Waals surface area contributed by atoms with Crippen LogP contribution in [0.25, 0.3) is 33.0 Å². The maximum atomic E-state index is 11.8. The standard InChI is InChI=1S/C18H13NO2/c1-19-11-15(12-6-2-4-8-16(12)19)14-10-18(20)21-17-9-5-3-7-13(14)17/h2-11H,1H3. The molecule has 0 spiro atoms. The number of hydrogen-bond acceptors (Lipinski definition) is 2. The minimum absolute atomic E-state index is 0.323. The molecule has 0 unspecified atom stereocenters. The molecule has 3 nitrogen and oxygen atoms in total. The quantitative estimate of drug-likeness (QED) is 0.493. The summed E-state index contributed by atoms with van der Waals surface area (Å²) in [6.07, 6.45) is 2.06. The van der Waals surface area contributed by atoms with Gasteiger partial charge in [0.15, 0.2) is 0 Å². The molecule has 0 radical (unpaired) electrons. The van der Waals surface area contributed by atoms with E-state index >= 15 is 0 Å². The van der Waals surface area contributed by atoms with E-state index in [-0.39, 0.29) is 5.63 Å². The van der Waals surface area contributed by atoms with Crippen molar-refractivity contribution in [2.45, 2.75) is 0 Å². The Morgan fingerprint density at radius 2 is 1.62 bits per heavy atom. The summed E-state index contributed by atoms with van der Waals surface area (Å²) in [5.41, 5.74) is 3.41. The third kappa shape index (κ3) is 1.78. The molecule has 4 aromatic rings. The Labute approximate surface area is 121 Å². The number of benzene rings is 2. The molecule has 0 aliphatic carbocycles. The van der Waals surface area contributed by atoms with Crippen molar-refractivity contribution in [1.82, 2.24) is 4.57 Å². The topological polar surface area (TPSA) is 35.1 Å². The molecule has 0 bridgehead atoms. The maximum absolute atomic E-state index is 11.8. The fourth-order valence-corrected chi connectivity index (χ4v) is 2.89. The second-order valence-corrected chi connectivity index (χ2v) is 5.15. The van der Waals surface area contributed by atoms with Gasteiger partial charge in [-0.15, -0.1) is 0 Å². The van der Waals surface area contributed by atoms with E-state index < -0.39 is 0 Å². The van der Waals surface area contributed by atoms with Crippen LogP contribution >= 0.6 is 0 Å². The van der Waals surface area contributed by atoms with Gasteiger partial charge in [0.25, 0.3) is 0 Å². The van der Waals surface area contributed by atoms with Gasteiger partial charge in [-0.2, -0.15) is 0 Å². The summed E-state index contributed by atoms with van der Waals surface area (Å²) in [6.45, 7) is 0. The lowest BCUT2D eigenvalue weighted by Gasteiger charge is -2.04. The van der Waals surface area contributed by atoms with E-state index in [1.54, 1.807) is 6.07 Å². The van der Waals surface area contributed by atoms with Crippen molar-refractivity contribution >= 4 is 21.9 Å². The highest BCUT2D eigenvalue weighted by molar-refractivity contribution is 6.03. The van der Waals surface area contributed by atoms with E-state index in [1.165, 1.54) is 0 Å². The van der Waals surface area contributed by atoms with Gasteiger partial charge in [0.05, 0.1) is 0 Å². The van der Waals surface area contributed by atoms with Crippen molar-refractivity contribution < 1.29 is 4.42 Å². The average molecular weight is 275 g/mol. The van der Waals surface area contributed by atoms with Gasteiger partial charge < -0.3 is 8.98 Å². The molecule has 0 atom stereocenters. The molecule has 4 rings (SSSR count). The van der Waals surface area contributed by atoms with Gasteiger partial charge in [0.2, 0.25) is 0 Å². The van der Waals surface area contributed by atoms with Crippen molar-refractivity contribution in [2.75, 3.05) is 0 Å². The van der Waals surface area contributed by atoms with Crippen molar-refractivity contribution in [3.05, 3.63) is 71.2 Å². The molecule has 0 saturated carbocycles. The van der Waals surface area contributed by atoms with Gasteiger partial charge in [-0.25, -0.2) is 4.79 Å².